The van der Waals surface area contributed by atoms with Crippen molar-refractivity contribution in [1.82, 2.24) is 4.90 Å². The molecule has 1 aliphatic rings. The van der Waals surface area contributed by atoms with Crippen LogP contribution in [0.1, 0.15) is 62.5 Å². The molecule has 0 unspecified atom stereocenters. The van der Waals surface area contributed by atoms with Gasteiger partial charge >= 0.3 is 5.97 Å². The predicted octanol–water partition coefficient (Wildman–Crippen LogP) is 4.67. The molecule has 3 nitrogen and oxygen atoms in total. The van der Waals surface area contributed by atoms with E-state index in [9.17, 15) is 4.79 Å². The van der Waals surface area contributed by atoms with Crippen molar-refractivity contribution in [2.75, 3.05) is 14.1 Å². The van der Waals surface area contributed by atoms with Crippen molar-refractivity contribution in [3.63, 3.8) is 0 Å². The van der Waals surface area contributed by atoms with E-state index in [0.717, 1.165) is 45.1 Å². The molecule has 0 aromatic heterocycles. The Kier molecular flexibility index (Phi) is 7.51. The summed E-state index contributed by atoms with van der Waals surface area (Å²) in [4.78, 5) is 13.9. The van der Waals surface area contributed by atoms with Gasteiger partial charge in [0.2, 0.25) is 0 Å². The molecule has 1 saturated carbocycles. The van der Waals surface area contributed by atoms with Gasteiger partial charge in [-0.15, -0.1) is 0 Å². The van der Waals surface area contributed by atoms with E-state index < -0.39 is 0 Å². The molecule has 0 radical (unpaired) electrons. The lowest BCUT2D eigenvalue weighted by Crippen LogP contribution is -2.23. The lowest BCUT2D eigenvalue weighted by Gasteiger charge is -2.28. The van der Waals surface area contributed by atoms with Gasteiger partial charge in [-0.3, -0.25) is 0 Å². The number of unbranched alkanes of at least 4 members (excludes halogenated alkanes) is 1. The fourth-order valence-corrected chi connectivity index (χ4v) is 3.32. The van der Waals surface area contributed by atoms with Crippen molar-refractivity contribution in [2.45, 2.75) is 64.0 Å². The van der Waals surface area contributed by atoms with Crippen molar-refractivity contribution in [3.05, 3.63) is 47.5 Å². The van der Waals surface area contributed by atoms with Crippen LogP contribution in [0.25, 0.3) is 0 Å². The largest absolute Gasteiger partial charge is 0.459 e. The van der Waals surface area contributed by atoms with E-state index in [4.69, 9.17) is 4.74 Å². The third-order valence-corrected chi connectivity index (χ3v) is 4.62. The van der Waals surface area contributed by atoms with Crippen molar-refractivity contribution in [3.8, 4) is 0 Å². The maximum absolute atomic E-state index is 11.8. The quantitative estimate of drug-likeness (QED) is 0.537. The Morgan fingerprint density at radius 1 is 1.17 bits per heavy atom. The maximum Gasteiger partial charge on any atom is 0.330 e. The predicted molar refractivity (Wildman–Crippen MR) is 99.0 cm³/mol. The molecule has 0 spiro atoms. The van der Waals surface area contributed by atoms with Crippen LogP contribution in [-0.2, 0) is 16.1 Å². The lowest BCUT2D eigenvalue weighted by molar-refractivity contribution is -0.144. The minimum atomic E-state index is -0.181. The van der Waals surface area contributed by atoms with Crippen LogP contribution < -0.4 is 0 Å². The Morgan fingerprint density at radius 2 is 1.83 bits per heavy atom. The monoisotopic (exact) mass is 329 g/mol. The molecule has 0 amide bonds. The molecule has 0 saturated heterocycles. The van der Waals surface area contributed by atoms with Crippen LogP contribution in [0.4, 0.5) is 0 Å². The second kappa shape index (κ2) is 9.63. The van der Waals surface area contributed by atoms with Crippen LogP contribution in [0.3, 0.4) is 0 Å². The highest BCUT2D eigenvalue weighted by molar-refractivity contribution is 5.82. The summed E-state index contributed by atoms with van der Waals surface area (Å²) in [6, 6.07) is 9.01. The van der Waals surface area contributed by atoms with E-state index in [2.05, 4.69) is 50.2 Å². The summed E-state index contributed by atoms with van der Waals surface area (Å²) < 4.78 is 5.55. The fraction of sp³-hybridized carbons (Fsp3) is 0.571. The van der Waals surface area contributed by atoms with E-state index in [1.807, 2.05) is 6.08 Å². The molecular formula is C21H31NO2. The van der Waals surface area contributed by atoms with Crippen LogP contribution in [0, 0.1) is 0 Å². The minimum Gasteiger partial charge on any atom is -0.459 e. The third-order valence-electron chi connectivity index (χ3n) is 4.62. The highest BCUT2D eigenvalue weighted by atomic mass is 16.5. The average molecular weight is 329 g/mol. The lowest BCUT2D eigenvalue weighted by atomic mass is 9.82. The molecule has 0 bridgehead atoms. The summed E-state index contributed by atoms with van der Waals surface area (Å²) in [5, 5.41) is 0. The molecule has 0 atom stereocenters. The SMILES string of the molecule is CCCC=CC(=O)OC1CCC(c2ccc(CN(C)C)cc2)CC1. The molecule has 1 aromatic carbocycles. The number of benzene rings is 1. The van der Waals surface area contributed by atoms with E-state index in [1.165, 1.54) is 11.1 Å². The van der Waals surface area contributed by atoms with Crippen molar-refractivity contribution < 1.29 is 9.53 Å². The van der Waals surface area contributed by atoms with Crippen LogP contribution in [-0.4, -0.2) is 31.1 Å². The zero-order valence-corrected chi connectivity index (χ0v) is 15.3. The third kappa shape index (κ3) is 6.12. The summed E-state index contributed by atoms with van der Waals surface area (Å²) in [5.41, 5.74) is 2.77. The Morgan fingerprint density at radius 3 is 2.42 bits per heavy atom. The van der Waals surface area contributed by atoms with E-state index >= 15 is 0 Å². The van der Waals surface area contributed by atoms with Gasteiger partial charge in [-0.05, 0) is 63.2 Å². The number of nitrogens with zero attached hydrogens (tertiary/aromatic N) is 1. The number of rotatable bonds is 7. The van der Waals surface area contributed by atoms with Crippen molar-refractivity contribution in [2.24, 2.45) is 0 Å². The first-order chi connectivity index (χ1) is 11.6. The number of hydrogen-bond acceptors (Lipinski definition) is 3. The van der Waals surface area contributed by atoms with Gasteiger partial charge in [0.15, 0.2) is 0 Å². The summed E-state index contributed by atoms with van der Waals surface area (Å²) in [6.45, 7) is 3.08. The van der Waals surface area contributed by atoms with Gasteiger partial charge < -0.3 is 9.64 Å². The molecule has 0 heterocycles. The zero-order chi connectivity index (χ0) is 17.4. The van der Waals surface area contributed by atoms with Crippen LogP contribution in [0.2, 0.25) is 0 Å². The van der Waals surface area contributed by atoms with E-state index in [0.29, 0.717) is 5.92 Å². The summed E-state index contributed by atoms with van der Waals surface area (Å²) in [5.74, 6) is 0.420. The topological polar surface area (TPSA) is 29.5 Å². The second-order valence-electron chi connectivity index (χ2n) is 7.08. The molecular weight excluding hydrogens is 298 g/mol. The van der Waals surface area contributed by atoms with Gasteiger partial charge in [-0.2, -0.15) is 0 Å². The number of hydrogen-bond donors (Lipinski definition) is 0. The Hall–Kier alpha value is -1.61. The zero-order valence-electron chi connectivity index (χ0n) is 15.3. The number of carbonyl (C=O) groups excluding carboxylic acids is 1. The first kappa shape index (κ1) is 18.7. The van der Waals surface area contributed by atoms with E-state index in [-0.39, 0.29) is 12.1 Å². The first-order valence-electron chi connectivity index (χ1n) is 9.19. The van der Waals surface area contributed by atoms with Gasteiger partial charge in [0, 0.05) is 12.6 Å². The summed E-state index contributed by atoms with van der Waals surface area (Å²) >= 11 is 0. The standard InChI is InChI=1S/C21H31NO2/c1-4-5-6-7-21(23)24-20-14-12-19(13-15-20)18-10-8-17(9-11-18)16-22(2)3/h6-11,19-20H,4-5,12-16H2,1-3H3. The fourth-order valence-electron chi connectivity index (χ4n) is 3.32. The molecule has 1 aromatic rings. The molecule has 2 rings (SSSR count). The van der Waals surface area contributed by atoms with Gasteiger partial charge in [0.25, 0.3) is 0 Å². The van der Waals surface area contributed by atoms with Crippen molar-refractivity contribution in [1.29, 1.82) is 0 Å². The van der Waals surface area contributed by atoms with Crippen molar-refractivity contribution >= 4 is 5.97 Å². The molecule has 1 aliphatic carbocycles. The number of allylic oxidation sites excluding steroid dienone is 1. The normalized spacial score (nSPS) is 21.3. The second-order valence-corrected chi connectivity index (χ2v) is 7.08. The number of esters is 1. The molecule has 0 N–H and O–H groups in total. The smallest absolute Gasteiger partial charge is 0.330 e. The number of carbonyl (C=O) groups is 1. The number of ether oxygens (including phenoxy) is 1. The van der Waals surface area contributed by atoms with Gasteiger partial charge in [0.1, 0.15) is 6.10 Å². The van der Waals surface area contributed by atoms with Crippen LogP contribution >= 0.6 is 0 Å². The summed E-state index contributed by atoms with van der Waals surface area (Å²) in [7, 11) is 4.18. The Balaban J connectivity index is 1.79. The highest BCUT2D eigenvalue weighted by Gasteiger charge is 2.24. The molecule has 24 heavy (non-hydrogen) atoms. The van der Waals surface area contributed by atoms with Crippen LogP contribution in [0.15, 0.2) is 36.4 Å². The molecule has 132 valence electrons. The van der Waals surface area contributed by atoms with Crippen LogP contribution in [0.5, 0.6) is 0 Å². The molecule has 3 heteroatoms. The first-order valence-corrected chi connectivity index (χ1v) is 9.19. The Labute approximate surface area is 146 Å². The molecule has 1 fully saturated rings. The molecule has 0 aliphatic heterocycles. The van der Waals surface area contributed by atoms with E-state index in [1.54, 1.807) is 6.08 Å². The Bertz CT molecular complexity index is 525. The minimum absolute atomic E-state index is 0.0908. The average Bonchev–Trinajstić information content (AvgIpc) is 2.56. The van der Waals surface area contributed by atoms with Gasteiger partial charge in [0.05, 0.1) is 0 Å². The van der Waals surface area contributed by atoms with Gasteiger partial charge in [-0.25, -0.2) is 4.79 Å². The maximum atomic E-state index is 11.8. The van der Waals surface area contributed by atoms with Gasteiger partial charge in [-0.1, -0.05) is 43.7 Å². The summed E-state index contributed by atoms with van der Waals surface area (Å²) in [6.07, 6.45) is 9.71. The highest BCUT2D eigenvalue weighted by Crippen LogP contribution is 2.34.